The lowest BCUT2D eigenvalue weighted by Crippen LogP contribution is -2.57. The topological polar surface area (TPSA) is 99.3 Å². The van der Waals surface area contributed by atoms with Gasteiger partial charge in [0.1, 0.15) is 12.3 Å². The number of hydrogen-bond acceptors (Lipinski definition) is 5. The highest BCUT2D eigenvalue weighted by atomic mass is 16.6. The van der Waals surface area contributed by atoms with E-state index in [2.05, 4.69) is 5.32 Å². The molecule has 4 aromatic carbocycles. The van der Waals surface area contributed by atoms with E-state index in [0.717, 1.165) is 0 Å². The van der Waals surface area contributed by atoms with Crippen molar-refractivity contribution in [1.29, 1.82) is 0 Å². The van der Waals surface area contributed by atoms with Crippen LogP contribution in [0.2, 0.25) is 0 Å². The average molecular weight is 563 g/mol. The maximum atomic E-state index is 14.2. The van der Waals surface area contributed by atoms with Crippen LogP contribution < -0.4 is 24.8 Å². The summed E-state index contributed by atoms with van der Waals surface area (Å²) in [5.41, 5.74) is 1.92. The Balaban J connectivity index is 1.56. The molecule has 0 spiro atoms. The van der Waals surface area contributed by atoms with E-state index >= 15 is 0 Å². The number of para-hydroxylation sites is 5. The van der Waals surface area contributed by atoms with Gasteiger partial charge in [0.2, 0.25) is 5.91 Å². The van der Waals surface area contributed by atoms with Crippen molar-refractivity contribution in [3.63, 3.8) is 0 Å². The van der Waals surface area contributed by atoms with Crippen LogP contribution in [0.25, 0.3) is 0 Å². The summed E-state index contributed by atoms with van der Waals surface area (Å²) in [7, 11) is 0. The van der Waals surface area contributed by atoms with Gasteiger partial charge in [-0.25, -0.2) is 4.79 Å². The zero-order chi connectivity index (χ0) is 29.6. The quantitative estimate of drug-likeness (QED) is 0.309. The SMILES string of the molecule is CC(C)N(C(=O)CN1C(=O)C(NC(=O)Oc2ccccc2)C(=O)N(c2ccccc2)c2ccccc21)c1ccccc1. The van der Waals surface area contributed by atoms with Gasteiger partial charge in [0.25, 0.3) is 11.8 Å². The zero-order valence-corrected chi connectivity index (χ0v) is 23.2. The number of nitrogens with zero attached hydrogens (tertiary/aromatic N) is 3. The molecular weight excluding hydrogens is 532 g/mol. The maximum Gasteiger partial charge on any atom is 0.413 e. The summed E-state index contributed by atoms with van der Waals surface area (Å²) in [4.78, 5) is 59.3. The van der Waals surface area contributed by atoms with E-state index in [1.807, 2.05) is 50.2 Å². The highest BCUT2D eigenvalue weighted by Crippen LogP contribution is 2.38. The molecule has 1 unspecified atom stereocenters. The zero-order valence-electron chi connectivity index (χ0n) is 23.2. The van der Waals surface area contributed by atoms with E-state index in [-0.39, 0.29) is 24.2 Å². The molecule has 1 N–H and O–H groups in total. The van der Waals surface area contributed by atoms with Gasteiger partial charge in [-0.15, -0.1) is 0 Å². The Hall–Kier alpha value is -5.44. The van der Waals surface area contributed by atoms with Crippen molar-refractivity contribution in [3.8, 4) is 5.75 Å². The van der Waals surface area contributed by atoms with Crippen LogP contribution in [0.4, 0.5) is 27.5 Å². The van der Waals surface area contributed by atoms with Crippen molar-refractivity contribution >= 4 is 46.6 Å². The van der Waals surface area contributed by atoms with Crippen LogP contribution in [0.5, 0.6) is 5.75 Å². The number of rotatable bonds is 7. The summed E-state index contributed by atoms with van der Waals surface area (Å²) >= 11 is 0. The Labute approximate surface area is 243 Å². The number of carbonyl (C=O) groups excluding carboxylic acids is 4. The summed E-state index contributed by atoms with van der Waals surface area (Å²) in [6.45, 7) is 3.39. The predicted molar refractivity (Wildman–Crippen MR) is 161 cm³/mol. The molecule has 0 radical (unpaired) electrons. The first kappa shape index (κ1) is 28.1. The van der Waals surface area contributed by atoms with Gasteiger partial charge in [-0.3, -0.25) is 24.2 Å². The second kappa shape index (κ2) is 12.4. The Kier molecular flexibility index (Phi) is 8.29. The van der Waals surface area contributed by atoms with Gasteiger partial charge in [-0.2, -0.15) is 0 Å². The second-order valence-corrected chi connectivity index (χ2v) is 9.90. The number of amides is 4. The van der Waals surface area contributed by atoms with Crippen LogP contribution in [-0.4, -0.2) is 42.4 Å². The monoisotopic (exact) mass is 562 g/mol. The van der Waals surface area contributed by atoms with Crippen molar-refractivity contribution in [2.45, 2.75) is 25.9 Å². The van der Waals surface area contributed by atoms with Crippen molar-refractivity contribution in [2.75, 3.05) is 21.2 Å². The molecule has 4 aromatic rings. The number of fused-ring (bicyclic) bond motifs is 1. The molecule has 0 fully saturated rings. The first-order chi connectivity index (χ1) is 20.3. The van der Waals surface area contributed by atoms with Crippen molar-refractivity contribution < 1.29 is 23.9 Å². The van der Waals surface area contributed by atoms with Gasteiger partial charge in [0, 0.05) is 17.4 Å². The van der Waals surface area contributed by atoms with Crippen LogP contribution in [0.1, 0.15) is 13.8 Å². The molecule has 0 saturated carbocycles. The van der Waals surface area contributed by atoms with Gasteiger partial charge in [0.15, 0.2) is 6.04 Å². The summed E-state index contributed by atoms with van der Waals surface area (Å²) in [5.74, 6) is -1.57. The van der Waals surface area contributed by atoms with E-state index < -0.39 is 23.9 Å². The second-order valence-electron chi connectivity index (χ2n) is 9.90. The number of ether oxygens (including phenoxy) is 1. The largest absolute Gasteiger partial charge is 0.413 e. The number of nitrogens with one attached hydrogen (secondary N) is 1. The standard InChI is InChI=1S/C33H30N4O5/c1-23(2)36(24-14-6-3-7-15-24)29(38)22-35-27-20-12-13-21-28(27)37(25-16-8-4-9-17-25)32(40)30(31(35)39)34-33(41)42-26-18-10-5-11-19-26/h3-21,23,30H,22H2,1-2H3,(H,34,41). The molecular formula is C33H30N4O5. The molecule has 1 aliphatic heterocycles. The molecule has 42 heavy (non-hydrogen) atoms. The van der Waals surface area contributed by atoms with Gasteiger partial charge in [0.05, 0.1) is 11.4 Å². The Bertz CT molecular complexity index is 1580. The minimum absolute atomic E-state index is 0.213. The summed E-state index contributed by atoms with van der Waals surface area (Å²) in [5, 5.41) is 2.46. The molecule has 0 saturated heterocycles. The summed E-state index contributed by atoms with van der Waals surface area (Å²) in [6, 6.07) is 31.3. The van der Waals surface area contributed by atoms with E-state index in [9.17, 15) is 19.2 Å². The van der Waals surface area contributed by atoms with Gasteiger partial charge >= 0.3 is 6.09 Å². The minimum atomic E-state index is -1.68. The van der Waals surface area contributed by atoms with Crippen molar-refractivity contribution in [1.82, 2.24) is 5.32 Å². The van der Waals surface area contributed by atoms with E-state index in [0.29, 0.717) is 22.7 Å². The molecule has 9 nitrogen and oxygen atoms in total. The number of carbonyl (C=O) groups is 4. The van der Waals surface area contributed by atoms with Crippen LogP contribution in [-0.2, 0) is 14.4 Å². The van der Waals surface area contributed by atoms with E-state index in [1.165, 1.54) is 9.80 Å². The molecule has 0 bridgehead atoms. The minimum Gasteiger partial charge on any atom is -0.410 e. The average Bonchev–Trinajstić information content (AvgIpc) is 3.07. The molecule has 4 amide bonds. The lowest BCUT2D eigenvalue weighted by Gasteiger charge is -2.31. The normalized spacial score (nSPS) is 14.7. The Morgan fingerprint density at radius 1 is 0.762 bits per heavy atom. The first-order valence-electron chi connectivity index (χ1n) is 13.5. The number of hydrogen-bond donors (Lipinski definition) is 1. The highest BCUT2D eigenvalue weighted by Gasteiger charge is 2.43. The fourth-order valence-electron chi connectivity index (χ4n) is 4.91. The fraction of sp³-hybridized carbons (Fsp3) is 0.152. The maximum absolute atomic E-state index is 14.2. The summed E-state index contributed by atoms with van der Waals surface area (Å²) < 4.78 is 5.35. The van der Waals surface area contributed by atoms with Crippen LogP contribution in [0.3, 0.4) is 0 Å². The smallest absolute Gasteiger partial charge is 0.410 e. The predicted octanol–water partition coefficient (Wildman–Crippen LogP) is 5.30. The molecule has 9 heteroatoms. The lowest BCUT2D eigenvalue weighted by molar-refractivity contribution is -0.130. The third-order valence-corrected chi connectivity index (χ3v) is 6.74. The van der Waals surface area contributed by atoms with Crippen LogP contribution in [0.15, 0.2) is 115 Å². The molecule has 0 aliphatic carbocycles. The number of benzene rings is 4. The van der Waals surface area contributed by atoms with Gasteiger partial charge < -0.3 is 15.0 Å². The van der Waals surface area contributed by atoms with E-state index in [4.69, 9.17) is 4.74 Å². The van der Waals surface area contributed by atoms with Gasteiger partial charge in [-0.1, -0.05) is 66.7 Å². The molecule has 1 aliphatic rings. The fourth-order valence-corrected chi connectivity index (χ4v) is 4.91. The van der Waals surface area contributed by atoms with Crippen molar-refractivity contribution in [3.05, 3.63) is 115 Å². The highest BCUT2D eigenvalue weighted by molar-refractivity contribution is 6.24. The van der Waals surface area contributed by atoms with Crippen LogP contribution >= 0.6 is 0 Å². The van der Waals surface area contributed by atoms with Gasteiger partial charge in [-0.05, 0) is 62.4 Å². The first-order valence-corrected chi connectivity index (χ1v) is 13.5. The van der Waals surface area contributed by atoms with Crippen LogP contribution in [0, 0.1) is 0 Å². The Morgan fingerprint density at radius 2 is 1.31 bits per heavy atom. The Morgan fingerprint density at radius 3 is 1.93 bits per heavy atom. The molecule has 1 atom stereocenters. The van der Waals surface area contributed by atoms with E-state index in [1.54, 1.807) is 83.8 Å². The molecule has 5 rings (SSSR count). The van der Waals surface area contributed by atoms with Crippen molar-refractivity contribution in [2.24, 2.45) is 0 Å². The third kappa shape index (κ3) is 5.85. The molecule has 212 valence electrons. The lowest BCUT2D eigenvalue weighted by atomic mass is 10.2. The molecule has 1 heterocycles. The third-order valence-electron chi connectivity index (χ3n) is 6.74. The molecule has 0 aromatic heterocycles. The summed E-state index contributed by atoms with van der Waals surface area (Å²) in [6.07, 6.45) is -0.980. The number of anilines is 4.